The fraction of sp³-hybridized carbons (Fsp3) is 0.143. The number of aryl methyl sites for hydroxylation is 1. The summed E-state index contributed by atoms with van der Waals surface area (Å²) in [5.41, 5.74) is 7.19. The van der Waals surface area contributed by atoms with Crippen LogP contribution in [0.4, 0.5) is 9.39 Å². The SMILES string of the molecule is CCc1cc(-c2nc(-c3ccc(F)cc3Cl)no2)c(N)s1. The topological polar surface area (TPSA) is 64.9 Å². The Kier molecular flexibility index (Phi) is 3.65. The number of nitrogens with zero attached hydrogens (tertiary/aromatic N) is 2. The molecule has 4 nitrogen and oxygen atoms in total. The van der Waals surface area contributed by atoms with Gasteiger partial charge in [0.15, 0.2) is 0 Å². The van der Waals surface area contributed by atoms with E-state index in [1.807, 2.05) is 13.0 Å². The third-order valence-corrected chi connectivity index (χ3v) is 4.41. The van der Waals surface area contributed by atoms with Gasteiger partial charge in [0.05, 0.1) is 15.6 Å². The highest BCUT2D eigenvalue weighted by Crippen LogP contribution is 2.35. The number of benzene rings is 1. The monoisotopic (exact) mass is 323 g/mol. The van der Waals surface area contributed by atoms with E-state index < -0.39 is 5.82 Å². The molecule has 0 saturated heterocycles. The van der Waals surface area contributed by atoms with Gasteiger partial charge >= 0.3 is 0 Å². The molecule has 0 aliphatic rings. The molecule has 1 aromatic carbocycles. The number of nitrogen functional groups attached to an aromatic ring is 1. The first kappa shape index (κ1) is 14.0. The van der Waals surface area contributed by atoms with Gasteiger partial charge in [-0.3, -0.25) is 0 Å². The predicted octanol–water partition coefficient (Wildman–Crippen LogP) is 4.40. The summed E-state index contributed by atoms with van der Waals surface area (Å²) in [6.07, 6.45) is 0.889. The third-order valence-electron chi connectivity index (χ3n) is 2.99. The smallest absolute Gasteiger partial charge is 0.261 e. The molecule has 2 aromatic heterocycles. The summed E-state index contributed by atoms with van der Waals surface area (Å²) >= 11 is 7.49. The summed E-state index contributed by atoms with van der Waals surface area (Å²) in [5, 5.41) is 4.75. The highest BCUT2D eigenvalue weighted by molar-refractivity contribution is 7.16. The number of hydrogen-bond acceptors (Lipinski definition) is 5. The van der Waals surface area contributed by atoms with Crippen molar-refractivity contribution in [2.24, 2.45) is 0 Å². The molecule has 0 spiro atoms. The van der Waals surface area contributed by atoms with Crippen molar-refractivity contribution < 1.29 is 8.91 Å². The average Bonchev–Trinajstić information content (AvgIpc) is 3.05. The van der Waals surface area contributed by atoms with Crippen LogP contribution in [0.3, 0.4) is 0 Å². The quantitative estimate of drug-likeness (QED) is 0.775. The van der Waals surface area contributed by atoms with Gasteiger partial charge in [-0.15, -0.1) is 11.3 Å². The zero-order chi connectivity index (χ0) is 15.0. The van der Waals surface area contributed by atoms with E-state index in [0.717, 1.165) is 11.3 Å². The first-order valence-corrected chi connectivity index (χ1v) is 7.45. The number of aromatic nitrogens is 2. The first-order chi connectivity index (χ1) is 10.1. The van der Waals surface area contributed by atoms with Gasteiger partial charge in [-0.2, -0.15) is 4.98 Å². The molecular formula is C14H11ClFN3OS. The number of nitrogens with two attached hydrogens (primary N) is 1. The second kappa shape index (κ2) is 5.46. The molecule has 0 atom stereocenters. The van der Waals surface area contributed by atoms with Gasteiger partial charge in [-0.05, 0) is 30.7 Å². The number of halogens is 2. The van der Waals surface area contributed by atoms with Gasteiger partial charge in [0, 0.05) is 10.4 Å². The number of anilines is 1. The van der Waals surface area contributed by atoms with Crippen LogP contribution in [0.15, 0.2) is 28.8 Å². The Balaban J connectivity index is 2.01. The molecule has 2 heterocycles. The Morgan fingerprint density at radius 1 is 1.33 bits per heavy atom. The van der Waals surface area contributed by atoms with Crippen LogP contribution in [-0.4, -0.2) is 10.1 Å². The molecule has 0 amide bonds. The standard InChI is InChI=1S/C14H11ClFN3OS/c1-2-8-6-10(12(17)21-8)14-18-13(19-20-14)9-4-3-7(16)5-11(9)15/h3-6H,2,17H2,1H3. The van der Waals surface area contributed by atoms with Gasteiger partial charge < -0.3 is 10.3 Å². The normalized spacial score (nSPS) is 11.0. The maximum Gasteiger partial charge on any atom is 0.261 e. The van der Waals surface area contributed by atoms with Crippen molar-refractivity contribution in [2.45, 2.75) is 13.3 Å². The summed E-state index contributed by atoms with van der Waals surface area (Å²) < 4.78 is 18.3. The number of thiophene rings is 1. The summed E-state index contributed by atoms with van der Waals surface area (Å²) in [7, 11) is 0. The molecule has 0 aliphatic carbocycles. The van der Waals surface area contributed by atoms with Crippen LogP contribution in [-0.2, 0) is 6.42 Å². The summed E-state index contributed by atoms with van der Waals surface area (Å²) in [6, 6.07) is 5.96. The molecule has 7 heteroatoms. The minimum atomic E-state index is -0.415. The maximum atomic E-state index is 13.1. The van der Waals surface area contributed by atoms with E-state index >= 15 is 0 Å². The molecule has 3 aromatic rings. The second-order valence-electron chi connectivity index (χ2n) is 4.39. The fourth-order valence-corrected chi connectivity index (χ4v) is 3.02. The molecule has 0 radical (unpaired) electrons. The molecule has 3 rings (SSSR count). The van der Waals surface area contributed by atoms with Crippen molar-refractivity contribution >= 4 is 27.9 Å². The Morgan fingerprint density at radius 3 is 2.81 bits per heavy atom. The van der Waals surface area contributed by atoms with Crippen LogP contribution >= 0.6 is 22.9 Å². The highest BCUT2D eigenvalue weighted by atomic mass is 35.5. The van der Waals surface area contributed by atoms with Crippen molar-refractivity contribution in [3.05, 3.63) is 40.0 Å². The average molecular weight is 324 g/mol. The largest absolute Gasteiger partial charge is 0.390 e. The fourth-order valence-electron chi connectivity index (χ4n) is 1.91. The lowest BCUT2D eigenvalue weighted by Gasteiger charge is -1.97. The van der Waals surface area contributed by atoms with Crippen molar-refractivity contribution in [1.82, 2.24) is 10.1 Å². The van der Waals surface area contributed by atoms with Crippen LogP contribution in [0.2, 0.25) is 5.02 Å². The minimum Gasteiger partial charge on any atom is -0.390 e. The molecule has 21 heavy (non-hydrogen) atoms. The number of rotatable bonds is 3. The van der Waals surface area contributed by atoms with E-state index in [4.69, 9.17) is 21.9 Å². The van der Waals surface area contributed by atoms with Crippen molar-refractivity contribution in [2.75, 3.05) is 5.73 Å². The minimum absolute atomic E-state index is 0.231. The molecule has 108 valence electrons. The van der Waals surface area contributed by atoms with Gasteiger partial charge in [-0.25, -0.2) is 4.39 Å². The second-order valence-corrected chi connectivity index (χ2v) is 5.97. The molecule has 2 N–H and O–H groups in total. The van der Waals surface area contributed by atoms with Crippen molar-refractivity contribution in [3.8, 4) is 22.8 Å². The van der Waals surface area contributed by atoms with Crippen LogP contribution in [0.1, 0.15) is 11.8 Å². The maximum absolute atomic E-state index is 13.1. The Labute approximate surface area is 129 Å². The van der Waals surface area contributed by atoms with Crippen LogP contribution in [0, 0.1) is 5.82 Å². The van der Waals surface area contributed by atoms with Gasteiger partial charge in [0.2, 0.25) is 5.82 Å². The Morgan fingerprint density at radius 2 is 2.14 bits per heavy atom. The van der Waals surface area contributed by atoms with Crippen LogP contribution in [0.25, 0.3) is 22.8 Å². The summed E-state index contributed by atoms with van der Waals surface area (Å²) in [4.78, 5) is 5.43. The molecular weight excluding hydrogens is 313 g/mol. The van der Waals surface area contributed by atoms with Crippen LogP contribution < -0.4 is 5.73 Å². The van der Waals surface area contributed by atoms with Crippen molar-refractivity contribution in [1.29, 1.82) is 0 Å². The van der Waals surface area contributed by atoms with Gasteiger partial charge in [0.1, 0.15) is 5.82 Å². The van der Waals surface area contributed by atoms with E-state index in [1.165, 1.54) is 29.5 Å². The van der Waals surface area contributed by atoms with E-state index in [-0.39, 0.29) is 5.02 Å². The van der Waals surface area contributed by atoms with E-state index in [1.54, 1.807) is 0 Å². The Bertz CT molecular complexity index is 799. The number of hydrogen-bond donors (Lipinski definition) is 1. The lowest BCUT2D eigenvalue weighted by Crippen LogP contribution is -1.85. The molecule has 0 aliphatic heterocycles. The van der Waals surface area contributed by atoms with E-state index in [2.05, 4.69) is 10.1 Å². The first-order valence-electron chi connectivity index (χ1n) is 6.26. The van der Waals surface area contributed by atoms with Gasteiger partial charge in [-0.1, -0.05) is 23.7 Å². The summed E-state index contributed by atoms with van der Waals surface area (Å²) in [5.74, 6) is 0.222. The molecule has 0 saturated carbocycles. The van der Waals surface area contributed by atoms with E-state index in [0.29, 0.717) is 27.8 Å². The lowest BCUT2D eigenvalue weighted by atomic mass is 10.2. The van der Waals surface area contributed by atoms with E-state index in [9.17, 15) is 4.39 Å². The van der Waals surface area contributed by atoms with Crippen molar-refractivity contribution in [3.63, 3.8) is 0 Å². The van der Waals surface area contributed by atoms with Gasteiger partial charge in [0.25, 0.3) is 5.89 Å². The Hall–Kier alpha value is -1.92. The van der Waals surface area contributed by atoms with Crippen LogP contribution in [0.5, 0.6) is 0 Å². The lowest BCUT2D eigenvalue weighted by molar-refractivity contribution is 0.432. The molecule has 0 unspecified atom stereocenters. The highest BCUT2D eigenvalue weighted by Gasteiger charge is 2.17. The molecule has 0 fully saturated rings. The zero-order valence-corrected chi connectivity index (χ0v) is 12.6. The third kappa shape index (κ3) is 2.64. The predicted molar refractivity (Wildman–Crippen MR) is 81.8 cm³/mol. The zero-order valence-electron chi connectivity index (χ0n) is 11.1. The summed E-state index contributed by atoms with van der Waals surface area (Å²) in [6.45, 7) is 2.05. The molecule has 0 bridgehead atoms.